The molecule has 0 fully saturated rings. The lowest BCUT2D eigenvalue weighted by Gasteiger charge is -2.18. The van der Waals surface area contributed by atoms with E-state index in [2.05, 4.69) is 64.6 Å². The number of ether oxygens (including phenoxy) is 1. The quantitative estimate of drug-likeness (QED) is 0.904. The second kappa shape index (κ2) is 6.32. The third-order valence-electron chi connectivity index (χ3n) is 3.01. The maximum absolute atomic E-state index is 5.27. The lowest BCUT2D eigenvalue weighted by atomic mass is 10.0. The lowest BCUT2D eigenvalue weighted by molar-refractivity contribution is 0.168. The zero-order valence-electron chi connectivity index (χ0n) is 10.7. The summed E-state index contributed by atoms with van der Waals surface area (Å²) < 4.78 is 6.39. The molecule has 1 N–H and O–H groups in total. The highest BCUT2D eigenvalue weighted by molar-refractivity contribution is 9.10. The summed E-state index contributed by atoms with van der Waals surface area (Å²) in [5.41, 5.74) is 1.27. The average molecular weight is 308 g/mol. The first kappa shape index (κ1) is 13.5. The zero-order valence-corrected chi connectivity index (χ0v) is 12.3. The van der Waals surface area contributed by atoms with Gasteiger partial charge in [0, 0.05) is 11.6 Å². The summed E-state index contributed by atoms with van der Waals surface area (Å²) >= 11 is 3.50. The molecule has 1 unspecified atom stereocenters. The molecular formula is C15H18BrNO. The molecule has 3 heteroatoms. The van der Waals surface area contributed by atoms with Gasteiger partial charge >= 0.3 is 0 Å². The molecule has 0 aromatic heterocycles. The number of nitrogens with one attached hydrogen (secondary N) is 1. The van der Waals surface area contributed by atoms with E-state index in [1.807, 2.05) is 0 Å². The van der Waals surface area contributed by atoms with Crippen molar-refractivity contribution < 1.29 is 4.74 Å². The average Bonchev–Trinajstić information content (AvgIpc) is 2.38. The van der Waals surface area contributed by atoms with Crippen molar-refractivity contribution in [3.8, 4) is 0 Å². The molecule has 0 spiro atoms. The van der Waals surface area contributed by atoms with Gasteiger partial charge in [0.25, 0.3) is 0 Å². The van der Waals surface area contributed by atoms with Gasteiger partial charge in [0.2, 0.25) is 0 Å². The van der Waals surface area contributed by atoms with E-state index in [0.717, 1.165) is 11.0 Å². The predicted octanol–water partition coefficient (Wildman–Crippen LogP) is 3.90. The van der Waals surface area contributed by atoms with E-state index in [1.54, 1.807) is 7.11 Å². The molecule has 2 nitrogen and oxygen atoms in total. The van der Waals surface area contributed by atoms with Gasteiger partial charge in [-0.25, -0.2) is 0 Å². The number of fused-ring (bicyclic) bond motifs is 1. The van der Waals surface area contributed by atoms with Crippen molar-refractivity contribution in [2.24, 2.45) is 0 Å². The number of benzene rings is 2. The van der Waals surface area contributed by atoms with E-state index in [9.17, 15) is 0 Å². The summed E-state index contributed by atoms with van der Waals surface area (Å²) in [7, 11) is 1.74. The van der Waals surface area contributed by atoms with Gasteiger partial charge in [-0.3, -0.25) is 0 Å². The minimum atomic E-state index is 0.257. The maximum atomic E-state index is 5.27. The summed E-state index contributed by atoms with van der Waals surface area (Å²) in [6.07, 6.45) is 0. The molecule has 2 aromatic rings. The van der Waals surface area contributed by atoms with Gasteiger partial charge in [-0.05, 0) is 41.1 Å². The van der Waals surface area contributed by atoms with Crippen molar-refractivity contribution in [3.05, 3.63) is 46.4 Å². The molecule has 2 rings (SSSR count). The summed E-state index contributed by atoms with van der Waals surface area (Å²) in [6, 6.07) is 13.2. The fourth-order valence-corrected chi connectivity index (χ4v) is 2.52. The number of methoxy groups -OCH3 is 1. The monoisotopic (exact) mass is 307 g/mol. The Morgan fingerprint density at radius 2 is 1.89 bits per heavy atom. The molecule has 0 bridgehead atoms. The van der Waals surface area contributed by atoms with Crippen LogP contribution < -0.4 is 5.32 Å². The Bertz CT molecular complexity index is 521. The number of hydrogen-bond acceptors (Lipinski definition) is 2. The van der Waals surface area contributed by atoms with Crippen LogP contribution in [0, 0.1) is 0 Å². The summed E-state index contributed by atoms with van der Waals surface area (Å²) in [5.74, 6) is 0. The fourth-order valence-electron chi connectivity index (χ4n) is 2.14. The number of rotatable bonds is 5. The van der Waals surface area contributed by atoms with Crippen LogP contribution in [0.5, 0.6) is 0 Å². The molecule has 1 atom stereocenters. The molecular weight excluding hydrogens is 290 g/mol. The summed E-state index contributed by atoms with van der Waals surface area (Å²) in [6.45, 7) is 3.74. The van der Waals surface area contributed by atoms with Gasteiger partial charge in [0.05, 0.1) is 12.6 Å². The molecule has 0 aliphatic carbocycles. The molecule has 0 saturated carbocycles. The summed E-state index contributed by atoms with van der Waals surface area (Å²) in [5, 5.41) is 5.95. The van der Waals surface area contributed by atoms with Crippen LogP contribution in [-0.2, 0) is 4.74 Å². The van der Waals surface area contributed by atoms with Crippen molar-refractivity contribution in [1.82, 2.24) is 5.32 Å². The Kier molecular flexibility index (Phi) is 4.75. The Balaban J connectivity index is 2.35. The smallest absolute Gasteiger partial charge is 0.0657 e. The Labute approximate surface area is 116 Å². The van der Waals surface area contributed by atoms with E-state index in [0.29, 0.717) is 6.61 Å². The Morgan fingerprint density at radius 1 is 1.17 bits per heavy atom. The zero-order chi connectivity index (χ0) is 13.0. The normalized spacial score (nSPS) is 12.8. The third kappa shape index (κ3) is 3.10. The molecule has 2 aromatic carbocycles. The molecule has 18 heavy (non-hydrogen) atoms. The van der Waals surface area contributed by atoms with E-state index < -0.39 is 0 Å². The van der Waals surface area contributed by atoms with Crippen LogP contribution in [0.25, 0.3) is 10.8 Å². The van der Waals surface area contributed by atoms with Crippen LogP contribution >= 0.6 is 15.9 Å². The van der Waals surface area contributed by atoms with Crippen molar-refractivity contribution in [3.63, 3.8) is 0 Å². The first-order valence-corrected chi connectivity index (χ1v) is 6.95. The van der Waals surface area contributed by atoms with E-state index >= 15 is 0 Å². The van der Waals surface area contributed by atoms with Crippen LogP contribution in [0.1, 0.15) is 18.5 Å². The molecule has 0 radical (unpaired) electrons. The molecule has 0 amide bonds. The van der Waals surface area contributed by atoms with Gasteiger partial charge in [-0.15, -0.1) is 0 Å². The van der Waals surface area contributed by atoms with Crippen molar-refractivity contribution in [1.29, 1.82) is 0 Å². The lowest BCUT2D eigenvalue weighted by Crippen LogP contribution is -2.24. The van der Waals surface area contributed by atoms with Crippen LogP contribution in [0.2, 0.25) is 0 Å². The predicted molar refractivity (Wildman–Crippen MR) is 79.9 cm³/mol. The molecule has 0 aliphatic heterocycles. The SMILES string of the molecule is CCNC(COC)c1ccc2cc(Br)ccc2c1. The second-order valence-corrected chi connectivity index (χ2v) is 5.23. The minimum Gasteiger partial charge on any atom is -0.383 e. The Morgan fingerprint density at radius 3 is 2.61 bits per heavy atom. The van der Waals surface area contributed by atoms with Gasteiger partial charge in [-0.2, -0.15) is 0 Å². The summed E-state index contributed by atoms with van der Waals surface area (Å²) in [4.78, 5) is 0. The second-order valence-electron chi connectivity index (χ2n) is 4.32. The topological polar surface area (TPSA) is 21.3 Å². The minimum absolute atomic E-state index is 0.257. The molecule has 0 saturated heterocycles. The third-order valence-corrected chi connectivity index (χ3v) is 3.51. The molecule has 0 aliphatic rings. The van der Waals surface area contributed by atoms with Crippen molar-refractivity contribution >= 4 is 26.7 Å². The first-order valence-electron chi connectivity index (χ1n) is 6.16. The van der Waals surface area contributed by atoms with Gasteiger partial charge in [0.1, 0.15) is 0 Å². The highest BCUT2D eigenvalue weighted by Crippen LogP contribution is 2.23. The van der Waals surface area contributed by atoms with E-state index in [4.69, 9.17) is 4.74 Å². The van der Waals surface area contributed by atoms with Crippen LogP contribution in [-0.4, -0.2) is 20.3 Å². The van der Waals surface area contributed by atoms with Gasteiger partial charge in [0.15, 0.2) is 0 Å². The van der Waals surface area contributed by atoms with Gasteiger partial charge < -0.3 is 10.1 Å². The largest absolute Gasteiger partial charge is 0.383 e. The number of halogens is 1. The highest BCUT2D eigenvalue weighted by atomic mass is 79.9. The molecule has 96 valence electrons. The first-order chi connectivity index (χ1) is 8.74. The van der Waals surface area contributed by atoms with Crippen LogP contribution in [0.15, 0.2) is 40.9 Å². The standard InChI is InChI=1S/C15H18BrNO/c1-3-17-15(10-18-2)13-5-4-12-9-14(16)7-6-11(12)8-13/h4-9,15,17H,3,10H2,1-2H3. The van der Waals surface area contributed by atoms with Crippen molar-refractivity contribution in [2.75, 3.05) is 20.3 Å². The van der Waals surface area contributed by atoms with Gasteiger partial charge in [-0.1, -0.05) is 41.1 Å². The van der Waals surface area contributed by atoms with Crippen molar-refractivity contribution in [2.45, 2.75) is 13.0 Å². The van der Waals surface area contributed by atoms with E-state index in [1.165, 1.54) is 16.3 Å². The fraction of sp³-hybridized carbons (Fsp3) is 0.333. The highest BCUT2D eigenvalue weighted by Gasteiger charge is 2.10. The maximum Gasteiger partial charge on any atom is 0.0657 e. The Hall–Kier alpha value is -0.900. The molecule has 0 heterocycles. The number of likely N-dealkylation sites (N-methyl/N-ethyl adjacent to an activating group) is 1. The number of hydrogen-bond donors (Lipinski definition) is 1. The van der Waals surface area contributed by atoms with Crippen LogP contribution in [0.4, 0.5) is 0 Å². The van der Waals surface area contributed by atoms with Crippen LogP contribution in [0.3, 0.4) is 0 Å². The van der Waals surface area contributed by atoms with E-state index in [-0.39, 0.29) is 6.04 Å².